The zero-order valence-electron chi connectivity index (χ0n) is 8.13. The van der Waals surface area contributed by atoms with Crippen molar-refractivity contribution in [1.29, 1.82) is 0 Å². The fourth-order valence-electron chi connectivity index (χ4n) is 1.58. The molecule has 0 aliphatic heterocycles. The van der Waals surface area contributed by atoms with E-state index in [2.05, 4.69) is 25.4 Å². The fraction of sp³-hybridized carbons (Fsp3) is 1.00. The van der Waals surface area contributed by atoms with E-state index in [1.807, 2.05) is 11.8 Å². The molecule has 1 saturated carbocycles. The molecule has 0 spiro atoms. The van der Waals surface area contributed by atoms with Gasteiger partial charge in [0.2, 0.25) is 0 Å². The maximum absolute atomic E-state index is 9.46. The third kappa shape index (κ3) is 1.95. The molecule has 0 bridgehead atoms. The fourth-order valence-corrected chi connectivity index (χ4v) is 1.91. The second-order valence-corrected chi connectivity index (χ2v) is 5.06. The zero-order chi connectivity index (χ0) is 9.19. The van der Waals surface area contributed by atoms with Crippen LogP contribution in [0.5, 0.6) is 0 Å². The van der Waals surface area contributed by atoms with E-state index in [1.54, 1.807) is 0 Å². The van der Waals surface area contributed by atoms with Crippen molar-refractivity contribution in [3.8, 4) is 0 Å². The molecule has 0 heterocycles. The van der Waals surface area contributed by atoms with E-state index in [-0.39, 0.29) is 11.5 Å². The van der Waals surface area contributed by atoms with Gasteiger partial charge in [-0.3, -0.25) is 0 Å². The molecule has 3 heteroatoms. The van der Waals surface area contributed by atoms with Crippen LogP contribution >= 0.6 is 11.8 Å². The van der Waals surface area contributed by atoms with Gasteiger partial charge >= 0.3 is 0 Å². The summed E-state index contributed by atoms with van der Waals surface area (Å²) in [4.78, 5) is 0. The summed E-state index contributed by atoms with van der Waals surface area (Å²) in [5.74, 6) is 1.16. The molecular formula is C9H19NOS. The molecule has 1 aliphatic carbocycles. The van der Waals surface area contributed by atoms with Crippen molar-refractivity contribution in [1.82, 2.24) is 5.32 Å². The Morgan fingerprint density at radius 2 is 2.25 bits per heavy atom. The summed E-state index contributed by atoms with van der Waals surface area (Å²) in [6, 6.07) is 0.514. The monoisotopic (exact) mass is 189 g/mol. The minimum atomic E-state index is -0.107. The maximum Gasteiger partial charge on any atom is 0.0621 e. The average molecular weight is 189 g/mol. The molecule has 2 nitrogen and oxygen atoms in total. The van der Waals surface area contributed by atoms with E-state index in [9.17, 15) is 5.11 Å². The summed E-state index contributed by atoms with van der Waals surface area (Å²) in [7, 11) is 0. The lowest BCUT2D eigenvalue weighted by molar-refractivity contribution is -0.0716. The van der Waals surface area contributed by atoms with Crippen molar-refractivity contribution in [2.24, 2.45) is 5.41 Å². The van der Waals surface area contributed by atoms with Gasteiger partial charge in [0.1, 0.15) is 0 Å². The number of aliphatic hydroxyl groups excluding tert-OH is 1. The van der Waals surface area contributed by atoms with E-state index in [0.29, 0.717) is 6.04 Å². The van der Waals surface area contributed by atoms with E-state index in [4.69, 9.17) is 0 Å². The quantitative estimate of drug-likeness (QED) is 0.650. The summed E-state index contributed by atoms with van der Waals surface area (Å²) in [6.07, 6.45) is 2.92. The molecule has 0 saturated heterocycles. The molecule has 12 heavy (non-hydrogen) atoms. The first kappa shape index (κ1) is 10.4. The first-order valence-electron chi connectivity index (χ1n) is 4.49. The predicted octanol–water partition coefficient (Wildman–Crippen LogP) is 1.10. The largest absolute Gasteiger partial charge is 0.392 e. The number of rotatable bonds is 4. The second-order valence-electron chi connectivity index (χ2n) is 4.07. The lowest BCUT2D eigenvalue weighted by atomic mass is 9.64. The Labute approximate surface area is 79.1 Å². The molecule has 72 valence electrons. The van der Waals surface area contributed by atoms with Gasteiger partial charge in [0.05, 0.1) is 6.10 Å². The minimum absolute atomic E-state index is 0.0818. The van der Waals surface area contributed by atoms with Crippen molar-refractivity contribution >= 4 is 11.8 Å². The van der Waals surface area contributed by atoms with Gasteiger partial charge in [-0.25, -0.2) is 0 Å². The van der Waals surface area contributed by atoms with Crippen molar-refractivity contribution in [2.75, 3.05) is 18.6 Å². The second kappa shape index (κ2) is 3.99. The van der Waals surface area contributed by atoms with Crippen molar-refractivity contribution in [3.63, 3.8) is 0 Å². The van der Waals surface area contributed by atoms with Crippen LogP contribution in [-0.2, 0) is 0 Å². The van der Waals surface area contributed by atoms with E-state index < -0.39 is 0 Å². The predicted molar refractivity (Wildman–Crippen MR) is 54.6 cm³/mol. The van der Waals surface area contributed by atoms with Crippen LogP contribution in [0.15, 0.2) is 0 Å². The third-order valence-corrected chi connectivity index (χ3v) is 3.53. The number of nitrogens with one attached hydrogen (secondary N) is 1. The summed E-state index contributed by atoms with van der Waals surface area (Å²) in [5, 5.41) is 12.9. The minimum Gasteiger partial charge on any atom is -0.392 e. The van der Waals surface area contributed by atoms with Crippen LogP contribution in [0.1, 0.15) is 20.3 Å². The highest BCUT2D eigenvalue weighted by Crippen LogP contribution is 2.40. The lowest BCUT2D eigenvalue weighted by Crippen LogP contribution is -2.60. The van der Waals surface area contributed by atoms with Crippen LogP contribution in [0, 0.1) is 5.41 Å². The average Bonchev–Trinajstić information content (AvgIpc) is 2.04. The van der Waals surface area contributed by atoms with E-state index in [0.717, 1.165) is 18.7 Å². The van der Waals surface area contributed by atoms with Gasteiger partial charge in [0, 0.05) is 23.8 Å². The molecular weight excluding hydrogens is 170 g/mol. The number of aliphatic hydroxyl groups is 1. The molecule has 2 unspecified atom stereocenters. The molecule has 2 atom stereocenters. The third-order valence-electron chi connectivity index (χ3n) is 2.91. The maximum atomic E-state index is 9.46. The van der Waals surface area contributed by atoms with Crippen LogP contribution in [0.4, 0.5) is 0 Å². The van der Waals surface area contributed by atoms with Gasteiger partial charge in [-0.2, -0.15) is 11.8 Å². The van der Waals surface area contributed by atoms with E-state index >= 15 is 0 Å². The van der Waals surface area contributed by atoms with Crippen LogP contribution in [-0.4, -0.2) is 35.8 Å². The highest BCUT2D eigenvalue weighted by Gasteiger charge is 2.46. The van der Waals surface area contributed by atoms with Crippen LogP contribution in [0.2, 0.25) is 0 Å². The normalized spacial score (nSPS) is 33.0. The topological polar surface area (TPSA) is 32.3 Å². The van der Waals surface area contributed by atoms with E-state index in [1.165, 1.54) is 0 Å². The first-order valence-corrected chi connectivity index (χ1v) is 5.89. The molecule has 0 aromatic carbocycles. The van der Waals surface area contributed by atoms with Crippen LogP contribution in [0.25, 0.3) is 0 Å². The van der Waals surface area contributed by atoms with Gasteiger partial charge in [-0.1, -0.05) is 13.8 Å². The van der Waals surface area contributed by atoms with Gasteiger partial charge in [0.25, 0.3) is 0 Å². The highest BCUT2D eigenvalue weighted by atomic mass is 32.2. The molecule has 0 radical (unpaired) electrons. The summed E-state index contributed by atoms with van der Waals surface area (Å²) in [5.41, 5.74) is 0.0818. The molecule has 0 aromatic rings. The Balaban J connectivity index is 2.19. The van der Waals surface area contributed by atoms with Gasteiger partial charge in [-0.15, -0.1) is 0 Å². The van der Waals surface area contributed by atoms with Crippen molar-refractivity contribution < 1.29 is 5.11 Å². The van der Waals surface area contributed by atoms with Gasteiger partial charge < -0.3 is 10.4 Å². The number of thioether (sulfide) groups is 1. The number of hydrogen-bond acceptors (Lipinski definition) is 3. The molecule has 2 N–H and O–H groups in total. The Bertz CT molecular complexity index is 149. The first-order chi connectivity index (χ1) is 5.59. The Morgan fingerprint density at radius 3 is 2.67 bits per heavy atom. The number of hydrogen-bond donors (Lipinski definition) is 2. The summed E-state index contributed by atoms with van der Waals surface area (Å²) in [6.45, 7) is 5.30. The van der Waals surface area contributed by atoms with Crippen LogP contribution in [0.3, 0.4) is 0 Å². The van der Waals surface area contributed by atoms with Crippen LogP contribution < -0.4 is 5.32 Å². The van der Waals surface area contributed by atoms with Crippen molar-refractivity contribution in [2.45, 2.75) is 32.4 Å². The van der Waals surface area contributed by atoms with Gasteiger partial charge in [-0.05, 0) is 12.7 Å². The molecule has 0 amide bonds. The lowest BCUT2D eigenvalue weighted by Gasteiger charge is -2.49. The SMILES string of the molecule is CSCCNC1CC(O)C1(C)C. The highest BCUT2D eigenvalue weighted by molar-refractivity contribution is 7.98. The Morgan fingerprint density at radius 1 is 1.58 bits per heavy atom. The molecule has 0 aromatic heterocycles. The molecule has 1 rings (SSSR count). The Kier molecular flexibility index (Phi) is 3.44. The summed E-state index contributed by atoms with van der Waals surface area (Å²) >= 11 is 1.85. The standard InChI is InChI=1S/C9H19NOS/c1-9(2)7(6-8(9)11)10-4-5-12-3/h7-8,10-11H,4-6H2,1-3H3. The zero-order valence-corrected chi connectivity index (χ0v) is 8.95. The molecule has 1 aliphatic rings. The van der Waals surface area contributed by atoms with Gasteiger partial charge in [0.15, 0.2) is 0 Å². The Hall–Kier alpha value is 0.270. The molecule has 1 fully saturated rings. The smallest absolute Gasteiger partial charge is 0.0621 e. The van der Waals surface area contributed by atoms with Crippen molar-refractivity contribution in [3.05, 3.63) is 0 Å². The summed E-state index contributed by atoms with van der Waals surface area (Å²) < 4.78 is 0.